The van der Waals surface area contributed by atoms with E-state index < -0.39 is 0 Å². The van der Waals surface area contributed by atoms with Crippen molar-refractivity contribution in [1.29, 1.82) is 5.26 Å². The van der Waals surface area contributed by atoms with E-state index in [1.165, 1.54) is 11.3 Å². The first-order chi connectivity index (χ1) is 12.7. The predicted octanol–water partition coefficient (Wildman–Crippen LogP) is 5.50. The molecule has 1 heterocycles. The van der Waals surface area contributed by atoms with Gasteiger partial charge in [0.25, 0.3) is 0 Å². The van der Waals surface area contributed by atoms with E-state index in [-0.39, 0.29) is 11.3 Å². The highest BCUT2D eigenvalue weighted by molar-refractivity contribution is 7.11. The van der Waals surface area contributed by atoms with Gasteiger partial charge < -0.3 is 5.11 Å². The summed E-state index contributed by atoms with van der Waals surface area (Å²) in [6.07, 6.45) is 4.42. The van der Waals surface area contributed by atoms with Gasteiger partial charge in [0, 0.05) is 10.9 Å². The number of benzene rings is 1. The van der Waals surface area contributed by atoms with Crippen molar-refractivity contribution in [2.45, 2.75) is 39.5 Å². The maximum atomic E-state index is 10.6. The number of aromatic nitrogens is 1. The molecule has 0 bridgehead atoms. The summed E-state index contributed by atoms with van der Waals surface area (Å²) >= 11 is 1.40. The largest absolute Gasteiger partial charge is 0.509 e. The van der Waals surface area contributed by atoms with Crippen LogP contribution in [0.3, 0.4) is 0 Å². The standard InChI is InChI=1S/C21H27N3OS/c1-3-5-12-24(13-6-4-2)15-20(25)18(14-22)21-23-19(16-26-21)17-10-8-7-9-11-17/h7-11,16,25H,3-6,12-13,15H2,1-2H3/b20-18-. The third-order valence-electron chi connectivity index (χ3n) is 4.22. The topological polar surface area (TPSA) is 60.1 Å². The predicted molar refractivity (Wildman–Crippen MR) is 109 cm³/mol. The van der Waals surface area contributed by atoms with Gasteiger partial charge in [-0.05, 0) is 25.9 Å². The average Bonchev–Trinajstić information content (AvgIpc) is 3.15. The highest BCUT2D eigenvalue weighted by Gasteiger charge is 2.16. The number of nitrogens with zero attached hydrogens (tertiary/aromatic N) is 3. The van der Waals surface area contributed by atoms with Crippen LogP contribution in [0, 0.1) is 11.3 Å². The van der Waals surface area contributed by atoms with Gasteiger partial charge in [0.2, 0.25) is 0 Å². The van der Waals surface area contributed by atoms with E-state index in [0.29, 0.717) is 11.6 Å². The minimum Gasteiger partial charge on any atom is -0.509 e. The van der Waals surface area contributed by atoms with Crippen LogP contribution in [0.1, 0.15) is 44.5 Å². The number of unbranched alkanes of at least 4 members (excludes halogenated alkanes) is 2. The number of allylic oxidation sites excluding steroid dienone is 1. The molecule has 1 N–H and O–H groups in total. The van der Waals surface area contributed by atoms with Crippen LogP contribution in [0.25, 0.3) is 16.8 Å². The Morgan fingerprint density at radius 2 is 1.81 bits per heavy atom. The van der Waals surface area contributed by atoms with Crippen LogP contribution in [-0.4, -0.2) is 34.6 Å². The van der Waals surface area contributed by atoms with E-state index in [9.17, 15) is 10.4 Å². The second kappa shape index (κ2) is 10.7. The van der Waals surface area contributed by atoms with Crippen LogP contribution in [-0.2, 0) is 0 Å². The van der Waals surface area contributed by atoms with E-state index in [1.54, 1.807) is 0 Å². The second-order valence-electron chi connectivity index (χ2n) is 6.32. The molecular formula is C21H27N3OS. The molecule has 0 saturated heterocycles. The highest BCUT2D eigenvalue weighted by Crippen LogP contribution is 2.27. The van der Waals surface area contributed by atoms with Crippen LogP contribution in [0.5, 0.6) is 0 Å². The van der Waals surface area contributed by atoms with Crippen molar-refractivity contribution in [2.24, 2.45) is 0 Å². The molecule has 0 unspecified atom stereocenters. The molecule has 1 aromatic carbocycles. The quantitative estimate of drug-likeness (QED) is 0.443. The van der Waals surface area contributed by atoms with Gasteiger partial charge in [-0.3, -0.25) is 4.90 Å². The average molecular weight is 370 g/mol. The Kier molecular flexibility index (Phi) is 8.33. The Hall–Kier alpha value is -2.16. The Balaban J connectivity index is 2.19. The van der Waals surface area contributed by atoms with Gasteiger partial charge in [0.1, 0.15) is 22.4 Å². The van der Waals surface area contributed by atoms with E-state index >= 15 is 0 Å². The molecule has 0 aliphatic heterocycles. The summed E-state index contributed by atoms with van der Waals surface area (Å²) in [4.78, 5) is 6.79. The van der Waals surface area contributed by atoms with Crippen molar-refractivity contribution >= 4 is 16.9 Å². The molecular weight excluding hydrogens is 342 g/mol. The molecule has 0 radical (unpaired) electrons. The fourth-order valence-corrected chi connectivity index (χ4v) is 3.53. The van der Waals surface area contributed by atoms with Crippen molar-refractivity contribution in [3.63, 3.8) is 0 Å². The fraction of sp³-hybridized carbons (Fsp3) is 0.429. The summed E-state index contributed by atoms with van der Waals surface area (Å²) < 4.78 is 0. The van der Waals surface area contributed by atoms with Gasteiger partial charge in [-0.15, -0.1) is 11.3 Å². The smallest absolute Gasteiger partial charge is 0.138 e. The summed E-state index contributed by atoms with van der Waals surface area (Å²) in [5.41, 5.74) is 2.13. The third-order valence-corrected chi connectivity index (χ3v) is 5.08. The first kappa shape index (κ1) is 20.2. The molecule has 26 heavy (non-hydrogen) atoms. The van der Waals surface area contributed by atoms with Gasteiger partial charge >= 0.3 is 0 Å². The fourth-order valence-electron chi connectivity index (χ4n) is 2.69. The molecule has 0 atom stereocenters. The highest BCUT2D eigenvalue weighted by atomic mass is 32.1. The van der Waals surface area contributed by atoms with Crippen molar-refractivity contribution in [3.05, 3.63) is 46.5 Å². The molecule has 0 saturated carbocycles. The normalized spacial score (nSPS) is 12.1. The minimum atomic E-state index is 0.119. The van der Waals surface area contributed by atoms with Crippen LogP contribution >= 0.6 is 11.3 Å². The molecule has 138 valence electrons. The van der Waals surface area contributed by atoms with E-state index in [4.69, 9.17) is 0 Å². The number of thiazole rings is 1. The summed E-state index contributed by atoms with van der Waals surface area (Å²) in [5.74, 6) is 0.119. The van der Waals surface area contributed by atoms with Crippen LogP contribution < -0.4 is 0 Å². The minimum absolute atomic E-state index is 0.119. The molecule has 0 spiro atoms. The monoisotopic (exact) mass is 369 g/mol. The van der Waals surface area contributed by atoms with Gasteiger partial charge in [0.05, 0.1) is 12.2 Å². The third kappa shape index (κ3) is 5.69. The summed E-state index contributed by atoms with van der Waals surface area (Å²) in [5, 5.41) is 22.7. The molecule has 0 aliphatic carbocycles. The van der Waals surface area contributed by atoms with Crippen LogP contribution in [0.15, 0.2) is 41.5 Å². The Bertz CT molecular complexity index is 738. The second-order valence-corrected chi connectivity index (χ2v) is 7.18. The molecule has 4 nitrogen and oxygen atoms in total. The number of nitriles is 1. The molecule has 2 aromatic rings. The van der Waals surface area contributed by atoms with Gasteiger partial charge in [-0.25, -0.2) is 4.98 Å². The first-order valence-corrected chi connectivity index (χ1v) is 10.1. The van der Waals surface area contributed by atoms with Crippen molar-refractivity contribution in [3.8, 4) is 17.3 Å². The summed E-state index contributed by atoms with van der Waals surface area (Å²) in [6.45, 7) is 6.60. The number of hydrogen-bond donors (Lipinski definition) is 1. The van der Waals surface area contributed by atoms with E-state index in [1.807, 2.05) is 35.7 Å². The maximum absolute atomic E-state index is 10.6. The molecule has 5 heteroatoms. The SMILES string of the molecule is CCCCN(CCCC)C/C(O)=C(\C#N)c1nc(-c2ccccc2)cs1. The number of rotatable bonds is 10. The zero-order chi connectivity index (χ0) is 18.8. The number of aliphatic hydroxyl groups is 1. The lowest BCUT2D eigenvalue weighted by atomic mass is 10.2. The molecule has 1 aromatic heterocycles. The number of hydrogen-bond acceptors (Lipinski definition) is 5. The van der Waals surface area contributed by atoms with Gasteiger partial charge in [0.15, 0.2) is 0 Å². The van der Waals surface area contributed by atoms with Crippen molar-refractivity contribution in [1.82, 2.24) is 9.88 Å². The summed E-state index contributed by atoms with van der Waals surface area (Å²) in [7, 11) is 0. The Morgan fingerprint density at radius 3 is 2.38 bits per heavy atom. The Morgan fingerprint density at radius 1 is 1.15 bits per heavy atom. The molecule has 0 fully saturated rings. The van der Waals surface area contributed by atoms with Crippen molar-refractivity contribution in [2.75, 3.05) is 19.6 Å². The zero-order valence-electron chi connectivity index (χ0n) is 15.6. The molecule has 0 aliphatic rings. The number of aliphatic hydroxyl groups excluding tert-OH is 1. The van der Waals surface area contributed by atoms with E-state index in [0.717, 1.165) is 50.0 Å². The lowest BCUT2D eigenvalue weighted by molar-refractivity contribution is 0.244. The summed E-state index contributed by atoms with van der Waals surface area (Å²) in [6, 6.07) is 12.0. The van der Waals surface area contributed by atoms with Gasteiger partial charge in [-0.1, -0.05) is 57.0 Å². The zero-order valence-corrected chi connectivity index (χ0v) is 16.4. The maximum Gasteiger partial charge on any atom is 0.138 e. The van der Waals surface area contributed by atoms with Gasteiger partial charge in [-0.2, -0.15) is 5.26 Å². The Labute approximate surface area is 160 Å². The van der Waals surface area contributed by atoms with Crippen molar-refractivity contribution < 1.29 is 5.11 Å². The lowest BCUT2D eigenvalue weighted by Gasteiger charge is -2.21. The molecule has 0 amide bonds. The first-order valence-electron chi connectivity index (χ1n) is 9.25. The van der Waals surface area contributed by atoms with Crippen LogP contribution in [0.2, 0.25) is 0 Å². The molecule has 2 rings (SSSR count). The lowest BCUT2D eigenvalue weighted by Crippen LogP contribution is -2.28. The van der Waals surface area contributed by atoms with Crippen LogP contribution in [0.4, 0.5) is 0 Å². The van der Waals surface area contributed by atoms with E-state index in [2.05, 4.69) is 29.8 Å².